The van der Waals surface area contributed by atoms with E-state index in [4.69, 9.17) is 34.6 Å². The average Bonchev–Trinajstić information content (AvgIpc) is 3.38. The number of anilines is 1. The van der Waals surface area contributed by atoms with Crippen LogP contribution < -0.4 is 5.06 Å². The van der Waals surface area contributed by atoms with E-state index in [2.05, 4.69) is 112 Å². The fourth-order valence-electron chi connectivity index (χ4n) is 4.41. The van der Waals surface area contributed by atoms with Gasteiger partial charge in [-0.1, -0.05) is 79.1 Å². The van der Waals surface area contributed by atoms with Gasteiger partial charge in [-0.25, -0.2) is 15.0 Å². The molecule has 3 heterocycles. The maximum Gasteiger partial charge on any atom is 0.237 e. The summed E-state index contributed by atoms with van der Waals surface area (Å²) in [5.41, 5.74) is -0.0669. The number of ether oxygens (including phenoxy) is 1. The van der Waals surface area contributed by atoms with Crippen molar-refractivity contribution in [1.29, 1.82) is 0 Å². The highest BCUT2D eigenvalue weighted by molar-refractivity contribution is 6.75. The largest absolute Gasteiger partial charge is 0.414 e. The number of hydroxylamine groups is 1. The fraction of sp³-hybridized carbons (Fsp3) is 0.844. The first-order chi connectivity index (χ1) is 20.4. The van der Waals surface area contributed by atoms with Crippen LogP contribution >= 0.6 is 11.6 Å². The van der Waals surface area contributed by atoms with Crippen molar-refractivity contribution in [3.63, 3.8) is 0 Å². The molecule has 0 aliphatic carbocycles. The van der Waals surface area contributed by atoms with E-state index in [1.54, 1.807) is 4.57 Å². The minimum absolute atomic E-state index is 0.00892. The standard InChI is InChI=1S/C32H61ClN5O5Si3/c1-29(2,3)38(39)28-36-22-25(33)34-20-35-26(22)37(28)27-24(43-46(17,18)32(10,11)12)23(42-45(15,16)31(7,8)9)21(41-27)19-40-44(13,14)30(4,5)6/h20-21,23-24,27H,19H2,1-18H3/t21-,23-,24-,27-/m1/s1. The summed E-state index contributed by atoms with van der Waals surface area (Å²) in [5, 5.41) is 14.9. The van der Waals surface area contributed by atoms with Gasteiger partial charge in [-0.05, 0) is 75.2 Å². The van der Waals surface area contributed by atoms with E-state index >= 15 is 0 Å². The second kappa shape index (κ2) is 12.8. The van der Waals surface area contributed by atoms with Gasteiger partial charge in [0.25, 0.3) is 0 Å². The van der Waals surface area contributed by atoms with Crippen LogP contribution in [0.4, 0.5) is 5.95 Å². The summed E-state index contributed by atoms with van der Waals surface area (Å²) in [7, 11) is -6.95. The molecule has 1 aliphatic rings. The molecule has 10 nitrogen and oxygen atoms in total. The van der Waals surface area contributed by atoms with Gasteiger partial charge in [0, 0.05) is 0 Å². The molecular weight excluding hydrogens is 654 g/mol. The van der Waals surface area contributed by atoms with Crippen molar-refractivity contribution in [3.05, 3.63) is 11.5 Å². The lowest BCUT2D eigenvalue weighted by Gasteiger charge is -2.44. The lowest BCUT2D eigenvalue weighted by atomic mass is 10.1. The zero-order valence-corrected chi connectivity index (χ0v) is 35.5. The van der Waals surface area contributed by atoms with E-state index < -0.39 is 55.0 Å². The number of aromatic nitrogens is 4. The number of imidazole rings is 1. The third kappa shape index (κ3) is 7.93. The molecule has 263 valence electrons. The van der Waals surface area contributed by atoms with Crippen molar-refractivity contribution in [2.45, 2.75) is 168 Å². The highest BCUT2D eigenvalue weighted by atomic mass is 35.5. The Bertz CT molecular complexity index is 1380. The highest BCUT2D eigenvalue weighted by Gasteiger charge is 2.56. The van der Waals surface area contributed by atoms with E-state index in [-0.39, 0.29) is 26.2 Å². The van der Waals surface area contributed by atoms with Crippen molar-refractivity contribution < 1.29 is 23.2 Å². The summed E-state index contributed by atoms with van der Waals surface area (Å²) in [6, 6.07) is 0. The Kier molecular flexibility index (Phi) is 11.0. The third-order valence-corrected chi connectivity index (χ3v) is 24.4. The van der Waals surface area contributed by atoms with Gasteiger partial charge in [-0.2, -0.15) is 5.06 Å². The van der Waals surface area contributed by atoms with Crippen LogP contribution in [0.5, 0.6) is 0 Å². The van der Waals surface area contributed by atoms with E-state index in [9.17, 15) is 5.21 Å². The zero-order chi connectivity index (χ0) is 35.6. The summed E-state index contributed by atoms with van der Waals surface area (Å²) in [4.78, 5) is 13.5. The first kappa shape index (κ1) is 39.5. The van der Waals surface area contributed by atoms with E-state index in [1.165, 1.54) is 6.33 Å². The Hall–Kier alpha value is -0.909. The SMILES string of the molecule is CC(C)(C)N([O])c1nc2c(Cl)ncnc2n1[C@@H]1O[C@H](CO[Si](C)(C)C(C)(C)C)[C@@H](O[Si](C)(C)C(C)(C)C)[C@H]1O[Si](C)(C)C(C)(C)C. The van der Waals surface area contributed by atoms with Gasteiger partial charge in [0.1, 0.15) is 30.2 Å². The molecule has 1 saturated heterocycles. The van der Waals surface area contributed by atoms with Crippen LogP contribution in [0.1, 0.15) is 89.3 Å². The predicted molar refractivity (Wildman–Crippen MR) is 194 cm³/mol. The van der Waals surface area contributed by atoms with Crippen molar-refractivity contribution in [1.82, 2.24) is 19.5 Å². The van der Waals surface area contributed by atoms with Crippen LogP contribution in [0, 0.1) is 0 Å². The topological polar surface area (TPSA) is 104 Å². The van der Waals surface area contributed by atoms with Crippen molar-refractivity contribution in [2.75, 3.05) is 11.7 Å². The molecule has 2 aromatic rings. The second-order valence-electron chi connectivity index (χ2n) is 18.4. The minimum Gasteiger partial charge on any atom is -0.414 e. The van der Waals surface area contributed by atoms with Crippen LogP contribution in [-0.2, 0) is 23.2 Å². The number of hydrogen-bond acceptors (Lipinski definition) is 8. The third-order valence-electron chi connectivity index (χ3n) is 10.6. The molecule has 0 aromatic carbocycles. The van der Waals surface area contributed by atoms with Crippen LogP contribution in [0.15, 0.2) is 6.33 Å². The molecule has 3 rings (SSSR count). The summed E-state index contributed by atoms with van der Waals surface area (Å²) < 4.78 is 30.2. The number of halogens is 1. The Labute approximate surface area is 286 Å². The normalized spacial score (nSPS) is 22.6. The van der Waals surface area contributed by atoms with E-state index in [0.29, 0.717) is 17.8 Å². The number of nitrogens with zero attached hydrogens (tertiary/aromatic N) is 5. The Morgan fingerprint density at radius 2 is 1.28 bits per heavy atom. The highest BCUT2D eigenvalue weighted by Crippen LogP contribution is 2.48. The lowest BCUT2D eigenvalue weighted by Crippen LogP contribution is -2.54. The van der Waals surface area contributed by atoms with Gasteiger partial charge in [-0.3, -0.25) is 4.57 Å². The van der Waals surface area contributed by atoms with Gasteiger partial charge in [-0.15, -0.1) is 0 Å². The van der Waals surface area contributed by atoms with Crippen LogP contribution in [0.25, 0.3) is 11.2 Å². The molecule has 14 heteroatoms. The number of fused-ring (bicyclic) bond motifs is 1. The molecule has 0 amide bonds. The molecular formula is C32H61ClN5O5Si3. The molecule has 2 aromatic heterocycles. The number of hydrogen-bond donors (Lipinski definition) is 0. The van der Waals surface area contributed by atoms with Gasteiger partial charge < -0.3 is 18.0 Å². The first-order valence-electron chi connectivity index (χ1n) is 16.4. The van der Waals surface area contributed by atoms with Crippen molar-refractivity contribution in [3.8, 4) is 0 Å². The summed E-state index contributed by atoms with van der Waals surface area (Å²) in [6.45, 7) is 39.3. The summed E-state index contributed by atoms with van der Waals surface area (Å²) in [6.07, 6.45) is -0.926. The Morgan fingerprint density at radius 1 is 0.804 bits per heavy atom. The fourth-order valence-corrected chi connectivity index (χ4v) is 8.19. The Morgan fingerprint density at radius 3 is 1.74 bits per heavy atom. The molecule has 1 fully saturated rings. The molecule has 0 spiro atoms. The van der Waals surface area contributed by atoms with Crippen LogP contribution in [-0.4, -0.2) is 74.9 Å². The number of rotatable bonds is 9. The maximum atomic E-state index is 14.0. The smallest absolute Gasteiger partial charge is 0.237 e. The van der Waals surface area contributed by atoms with Gasteiger partial charge in [0.15, 0.2) is 42.0 Å². The minimum atomic E-state index is -2.43. The van der Waals surface area contributed by atoms with Gasteiger partial charge in [0.05, 0.1) is 12.1 Å². The van der Waals surface area contributed by atoms with E-state index in [1.807, 2.05) is 20.8 Å². The quantitative estimate of drug-likeness (QED) is 0.144. The summed E-state index contributed by atoms with van der Waals surface area (Å²) >= 11 is 6.56. The van der Waals surface area contributed by atoms with Gasteiger partial charge >= 0.3 is 0 Å². The lowest BCUT2D eigenvalue weighted by molar-refractivity contribution is -0.0486. The molecule has 0 unspecified atom stereocenters. The molecule has 0 N–H and O–H groups in total. The van der Waals surface area contributed by atoms with Crippen LogP contribution in [0.2, 0.25) is 59.5 Å². The zero-order valence-electron chi connectivity index (χ0n) is 31.7. The molecule has 1 radical (unpaired) electrons. The van der Waals surface area contributed by atoms with Crippen molar-refractivity contribution >= 4 is 53.7 Å². The second-order valence-corrected chi connectivity index (χ2v) is 33.1. The molecule has 0 bridgehead atoms. The summed E-state index contributed by atoms with van der Waals surface area (Å²) in [5.74, 6) is 0.135. The maximum absolute atomic E-state index is 14.0. The predicted octanol–water partition coefficient (Wildman–Crippen LogP) is 9.13. The molecule has 1 aliphatic heterocycles. The monoisotopic (exact) mass is 714 g/mol. The molecule has 46 heavy (non-hydrogen) atoms. The Balaban J connectivity index is 2.33. The molecule has 0 saturated carbocycles. The van der Waals surface area contributed by atoms with Crippen molar-refractivity contribution in [2.24, 2.45) is 0 Å². The average molecular weight is 716 g/mol. The van der Waals surface area contributed by atoms with E-state index in [0.717, 1.165) is 5.06 Å². The molecule has 4 atom stereocenters. The van der Waals surface area contributed by atoms with Gasteiger partial charge in [0.2, 0.25) is 5.95 Å². The van der Waals surface area contributed by atoms with Crippen LogP contribution in [0.3, 0.4) is 0 Å². The first-order valence-corrected chi connectivity index (χ1v) is 25.5.